The molecule has 4 rings (SSSR count). The lowest BCUT2D eigenvalue weighted by Gasteiger charge is -2.54. The second-order valence-corrected chi connectivity index (χ2v) is 6.39. The van der Waals surface area contributed by atoms with E-state index in [-0.39, 0.29) is 17.7 Å². The highest BCUT2D eigenvalue weighted by molar-refractivity contribution is 5.40. The number of nitrogens with one attached hydrogen (secondary N) is 2. The summed E-state index contributed by atoms with van der Waals surface area (Å²) in [5.74, 6) is 1.02. The van der Waals surface area contributed by atoms with Gasteiger partial charge in [-0.2, -0.15) is 0 Å². The monoisotopic (exact) mass is 272 g/mol. The first-order chi connectivity index (χ1) is 9.73. The first-order valence-corrected chi connectivity index (χ1v) is 7.51. The number of aliphatic hydroxyl groups is 1. The SMILES string of the molecule is O=c1ccc2c([nH]1)CC1C=C(CO)CC23NCCCC13. The third-order valence-corrected chi connectivity index (χ3v) is 5.36. The van der Waals surface area contributed by atoms with E-state index in [1.807, 2.05) is 6.07 Å². The van der Waals surface area contributed by atoms with Crippen molar-refractivity contribution < 1.29 is 5.11 Å². The Kier molecular flexibility index (Phi) is 2.66. The van der Waals surface area contributed by atoms with E-state index in [1.54, 1.807) is 6.07 Å². The van der Waals surface area contributed by atoms with Crippen LogP contribution >= 0.6 is 0 Å². The van der Waals surface area contributed by atoms with Gasteiger partial charge in [0.25, 0.3) is 0 Å². The lowest BCUT2D eigenvalue weighted by atomic mass is 9.57. The molecular weight excluding hydrogens is 252 g/mol. The van der Waals surface area contributed by atoms with Crippen LogP contribution in [0.15, 0.2) is 28.6 Å². The summed E-state index contributed by atoms with van der Waals surface area (Å²) in [4.78, 5) is 14.6. The molecule has 2 bridgehead atoms. The highest BCUT2D eigenvalue weighted by Crippen LogP contribution is 2.52. The Bertz CT molecular complexity index is 634. The Hall–Kier alpha value is -1.39. The van der Waals surface area contributed by atoms with Gasteiger partial charge in [0.15, 0.2) is 0 Å². The van der Waals surface area contributed by atoms with Crippen LogP contribution in [-0.4, -0.2) is 23.2 Å². The molecule has 1 fully saturated rings. The van der Waals surface area contributed by atoms with Gasteiger partial charge >= 0.3 is 0 Å². The summed E-state index contributed by atoms with van der Waals surface area (Å²) in [5.41, 5.74) is 3.38. The van der Waals surface area contributed by atoms with E-state index in [0.717, 1.165) is 30.7 Å². The van der Waals surface area contributed by atoms with Gasteiger partial charge < -0.3 is 15.4 Å². The van der Waals surface area contributed by atoms with Crippen molar-refractivity contribution in [2.75, 3.05) is 13.2 Å². The quantitative estimate of drug-likeness (QED) is 0.670. The molecular formula is C16H20N2O2. The first-order valence-electron chi connectivity index (χ1n) is 7.51. The number of piperidine rings is 1. The van der Waals surface area contributed by atoms with Gasteiger partial charge in [-0.15, -0.1) is 0 Å². The smallest absolute Gasteiger partial charge is 0.248 e. The molecule has 3 aliphatic rings. The molecule has 20 heavy (non-hydrogen) atoms. The fraction of sp³-hybridized carbons (Fsp3) is 0.562. The highest BCUT2D eigenvalue weighted by Gasteiger charge is 2.51. The summed E-state index contributed by atoms with van der Waals surface area (Å²) in [6.45, 7) is 1.16. The van der Waals surface area contributed by atoms with Crippen molar-refractivity contribution in [3.05, 3.63) is 45.4 Å². The highest BCUT2D eigenvalue weighted by atomic mass is 16.3. The molecule has 1 aromatic rings. The van der Waals surface area contributed by atoms with E-state index in [2.05, 4.69) is 16.4 Å². The van der Waals surface area contributed by atoms with Crippen molar-refractivity contribution >= 4 is 0 Å². The Morgan fingerprint density at radius 2 is 2.30 bits per heavy atom. The Labute approximate surface area is 117 Å². The summed E-state index contributed by atoms with van der Waals surface area (Å²) in [6.07, 6.45) is 6.45. The van der Waals surface area contributed by atoms with Crippen LogP contribution in [0.4, 0.5) is 0 Å². The second kappa shape index (κ2) is 4.30. The van der Waals surface area contributed by atoms with Crippen LogP contribution in [0.1, 0.15) is 30.5 Å². The van der Waals surface area contributed by atoms with Gasteiger partial charge in [-0.05, 0) is 61.3 Å². The van der Waals surface area contributed by atoms with E-state index < -0.39 is 0 Å². The zero-order valence-electron chi connectivity index (χ0n) is 11.5. The zero-order chi connectivity index (χ0) is 13.7. The maximum Gasteiger partial charge on any atom is 0.248 e. The van der Waals surface area contributed by atoms with E-state index in [0.29, 0.717) is 11.8 Å². The maximum atomic E-state index is 11.6. The maximum absolute atomic E-state index is 11.6. The topological polar surface area (TPSA) is 65.1 Å². The summed E-state index contributed by atoms with van der Waals surface area (Å²) < 4.78 is 0. The zero-order valence-corrected chi connectivity index (χ0v) is 11.5. The lowest BCUT2D eigenvalue weighted by Crippen LogP contribution is -2.59. The van der Waals surface area contributed by atoms with Gasteiger partial charge in [-0.3, -0.25) is 4.79 Å². The van der Waals surface area contributed by atoms with Crippen molar-refractivity contribution in [3.8, 4) is 0 Å². The van der Waals surface area contributed by atoms with Crippen LogP contribution in [0.25, 0.3) is 0 Å². The van der Waals surface area contributed by atoms with Crippen LogP contribution in [-0.2, 0) is 12.0 Å². The van der Waals surface area contributed by atoms with Crippen molar-refractivity contribution in [1.29, 1.82) is 0 Å². The van der Waals surface area contributed by atoms with Gasteiger partial charge in [0.1, 0.15) is 0 Å². The van der Waals surface area contributed by atoms with Crippen molar-refractivity contribution in [2.45, 2.75) is 31.2 Å². The van der Waals surface area contributed by atoms with E-state index in [4.69, 9.17) is 0 Å². The minimum atomic E-state index is -0.0759. The Morgan fingerprint density at radius 1 is 1.40 bits per heavy atom. The third-order valence-electron chi connectivity index (χ3n) is 5.36. The Morgan fingerprint density at radius 3 is 3.15 bits per heavy atom. The summed E-state index contributed by atoms with van der Waals surface area (Å²) in [6, 6.07) is 3.63. The molecule has 4 nitrogen and oxygen atoms in total. The molecule has 2 heterocycles. The molecule has 106 valence electrons. The van der Waals surface area contributed by atoms with E-state index >= 15 is 0 Å². The number of aliphatic hydroxyl groups excluding tert-OH is 1. The number of hydrogen-bond acceptors (Lipinski definition) is 3. The third kappa shape index (κ3) is 1.58. The Balaban J connectivity index is 1.92. The number of hydrogen-bond donors (Lipinski definition) is 3. The number of allylic oxidation sites excluding steroid dienone is 1. The first kappa shape index (κ1) is 12.4. The largest absolute Gasteiger partial charge is 0.392 e. The van der Waals surface area contributed by atoms with Gasteiger partial charge in [0, 0.05) is 11.8 Å². The van der Waals surface area contributed by atoms with Crippen LogP contribution in [0.5, 0.6) is 0 Å². The number of H-pyrrole nitrogens is 1. The summed E-state index contributed by atoms with van der Waals surface area (Å²) >= 11 is 0. The molecule has 0 aromatic carbocycles. The number of rotatable bonds is 1. The molecule has 2 aliphatic carbocycles. The molecule has 0 radical (unpaired) electrons. The van der Waals surface area contributed by atoms with Crippen molar-refractivity contribution in [1.82, 2.24) is 10.3 Å². The fourth-order valence-corrected chi connectivity index (χ4v) is 4.65. The van der Waals surface area contributed by atoms with Crippen LogP contribution in [0.3, 0.4) is 0 Å². The fourth-order valence-electron chi connectivity index (χ4n) is 4.65. The molecule has 3 atom stereocenters. The van der Waals surface area contributed by atoms with Crippen molar-refractivity contribution in [3.63, 3.8) is 0 Å². The predicted octanol–water partition coefficient (Wildman–Crippen LogP) is 1.06. The second-order valence-electron chi connectivity index (χ2n) is 6.39. The minimum Gasteiger partial charge on any atom is -0.392 e. The molecule has 3 N–H and O–H groups in total. The van der Waals surface area contributed by atoms with Gasteiger partial charge in [0.2, 0.25) is 5.56 Å². The number of fused-ring (bicyclic) bond motifs is 1. The van der Waals surface area contributed by atoms with Gasteiger partial charge in [-0.25, -0.2) is 0 Å². The minimum absolute atomic E-state index is 0.0150. The molecule has 0 saturated carbocycles. The normalized spacial score (nSPS) is 35.0. The lowest BCUT2D eigenvalue weighted by molar-refractivity contribution is 0.0834. The average molecular weight is 272 g/mol. The van der Waals surface area contributed by atoms with E-state index in [9.17, 15) is 9.90 Å². The molecule has 1 aromatic heterocycles. The standard InChI is InChI=1S/C16H20N2O2/c19-9-10-6-11-7-14-13(3-4-15(20)18-14)16(8-10)12(11)2-1-5-17-16/h3-4,6,11-12,17,19H,1-2,5,7-9H2,(H,18,20). The molecule has 0 spiro atoms. The van der Waals surface area contributed by atoms with Crippen molar-refractivity contribution in [2.24, 2.45) is 11.8 Å². The summed E-state index contributed by atoms with van der Waals surface area (Å²) in [7, 11) is 0. The number of pyridine rings is 1. The number of aromatic amines is 1. The summed E-state index contributed by atoms with van der Waals surface area (Å²) in [5, 5.41) is 13.3. The molecule has 3 unspecified atom stereocenters. The van der Waals surface area contributed by atoms with Crippen LogP contribution < -0.4 is 10.9 Å². The van der Waals surface area contributed by atoms with Crippen LogP contribution in [0, 0.1) is 11.8 Å². The predicted molar refractivity (Wildman–Crippen MR) is 76.4 cm³/mol. The van der Waals surface area contributed by atoms with Gasteiger partial charge in [-0.1, -0.05) is 6.08 Å². The van der Waals surface area contributed by atoms with Crippen LogP contribution in [0.2, 0.25) is 0 Å². The molecule has 1 aliphatic heterocycles. The molecule has 1 saturated heterocycles. The number of aromatic nitrogens is 1. The molecule has 0 amide bonds. The van der Waals surface area contributed by atoms with Gasteiger partial charge in [0.05, 0.1) is 12.1 Å². The molecule has 4 heteroatoms. The van der Waals surface area contributed by atoms with E-state index in [1.165, 1.54) is 18.4 Å². The average Bonchev–Trinajstić information content (AvgIpc) is 2.46.